The van der Waals surface area contributed by atoms with Crippen molar-refractivity contribution < 1.29 is 10.2 Å². The summed E-state index contributed by atoms with van der Waals surface area (Å²) in [5.74, 6) is -0.658. The quantitative estimate of drug-likeness (QED) is 0.286. The SMILES string of the molecule is N#C/C(N=Cc1ccc(N(C#N)C#N)cc1O)=C(\C#N)N=Cc1ccc(N(C#N)C#N)cc1O. The fourth-order valence-corrected chi connectivity index (χ4v) is 2.39. The Balaban J connectivity index is 2.35. The summed E-state index contributed by atoms with van der Waals surface area (Å²) < 4.78 is 0. The predicted molar refractivity (Wildman–Crippen MR) is 117 cm³/mol. The van der Waals surface area contributed by atoms with Crippen LogP contribution in [-0.2, 0) is 0 Å². The van der Waals surface area contributed by atoms with E-state index in [9.17, 15) is 20.7 Å². The lowest BCUT2D eigenvalue weighted by Gasteiger charge is -2.07. The predicted octanol–water partition coefficient (Wildman–Crippen LogP) is 2.43. The molecule has 0 amide bonds. The average molecular weight is 446 g/mol. The first-order valence-electron chi connectivity index (χ1n) is 8.90. The summed E-state index contributed by atoms with van der Waals surface area (Å²) in [4.78, 5) is 9.07. The standard InChI is InChI=1S/C22H10N10O2/c23-7-19(29-9-15-1-3-17(5-21(15)33)31(11-25)12-26)20(8-24)30-10-16-2-4-18(6-22(16)34)32(13-27)14-28/h1-6,9-10,33-34H/b20-19-,29-9?,30-10?. The highest BCUT2D eigenvalue weighted by atomic mass is 16.3. The number of nitriles is 6. The third-order valence-electron chi connectivity index (χ3n) is 4.05. The van der Waals surface area contributed by atoms with Gasteiger partial charge in [-0.1, -0.05) is 0 Å². The topological polar surface area (TPSA) is 214 Å². The van der Waals surface area contributed by atoms with E-state index < -0.39 is 11.4 Å². The van der Waals surface area contributed by atoms with Gasteiger partial charge < -0.3 is 10.2 Å². The number of aliphatic imine (C=N–C) groups is 2. The maximum absolute atomic E-state index is 10.1. The average Bonchev–Trinajstić information content (AvgIpc) is 2.84. The molecule has 0 bridgehead atoms. The van der Waals surface area contributed by atoms with E-state index in [0.717, 1.165) is 24.6 Å². The van der Waals surface area contributed by atoms with Crippen molar-refractivity contribution in [2.24, 2.45) is 9.98 Å². The van der Waals surface area contributed by atoms with Gasteiger partial charge in [0, 0.05) is 35.7 Å². The minimum absolute atomic E-state index is 0.122. The summed E-state index contributed by atoms with van der Waals surface area (Å²) in [5.41, 5.74) is -0.265. The van der Waals surface area contributed by atoms with Crippen molar-refractivity contribution >= 4 is 23.8 Å². The molecule has 0 saturated heterocycles. The molecular weight excluding hydrogens is 436 g/mol. The molecule has 0 aliphatic heterocycles. The molecule has 12 nitrogen and oxygen atoms in total. The van der Waals surface area contributed by atoms with Gasteiger partial charge in [0.15, 0.2) is 36.2 Å². The summed E-state index contributed by atoms with van der Waals surface area (Å²) in [7, 11) is 0. The van der Waals surface area contributed by atoms with Gasteiger partial charge in [-0.3, -0.25) is 0 Å². The zero-order valence-electron chi connectivity index (χ0n) is 17.0. The molecule has 0 unspecified atom stereocenters. The van der Waals surface area contributed by atoms with E-state index in [1.165, 1.54) is 24.3 Å². The van der Waals surface area contributed by atoms with E-state index in [4.69, 9.17) is 21.0 Å². The number of phenols is 2. The van der Waals surface area contributed by atoms with Gasteiger partial charge in [0.1, 0.15) is 23.6 Å². The van der Waals surface area contributed by atoms with Crippen LogP contribution < -0.4 is 9.80 Å². The Kier molecular flexibility index (Phi) is 7.86. The minimum atomic E-state index is -0.394. The largest absolute Gasteiger partial charge is 0.507 e. The number of phenolic OH excluding ortho intramolecular Hbond substituents is 2. The highest BCUT2D eigenvalue weighted by Gasteiger charge is 2.10. The van der Waals surface area contributed by atoms with E-state index >= 15 is 0 Å². The summed E-state index contributed by atoms with van der Waals surface area (Å²) in [6.45, 7) is 0. The molecule has 2 rings (SSSR count). The zero-order chi connectivity index (χ0) is 25.1. The second-order valence-electron chi connectivity index (χ2n) is 5.99. The first-order valence-corrected chi connectivity index (χ1v) is 8.90. The highest BCUT2D eigenvalue weighted by molar-refractivity contribution is 5.87. The lowest BCUT2D eigenvalue weighted by atomic mass is 10.2. The van der Waals surface area contributed by atoms with Crippen LogP contribution >= 0.6 is 0 Å². The van der Waals surface area contributed by atoms with Crippen LogP contribution in [0.4, 0.5) is 11.4 Å². The summed E-state index contributed by atoms with van der Waals surface area (Å²) >= 11 is 0. The second kappa shape index (κ2) is 11.2. The van der Waals surface area contributed by atoms with Crippen molar-refractivity contribution in [1.82, 2.24) is 0 Å². The Labute approximate surface area is 193 Å². The minimum Gasteiger partial charge on any atom is -0.507 e. The van der Waals surface area contributed by atoms with Crippen LogP contribution in [0.3, 0.4) is 0 Å². The molecule has 0 fully saturated rings. The smallest absolute Gasteiger partial charge is 0.198 e. The number of hydrogen-bond donors (Lipinski definition) is 2. The van der Waals surface area contributed by atoms with E-state index in [1.54, 1.807) is 36.9 Å². The van der Waals surface area contributed by atoms with Crippen LogP contribution in [0.15, 0.2) is 57.8 Å². The number of hydrogen-bond acceptors (Lipinski definition) is 12. The molecule has 2 N–H and O–H groups in total. The molecule has 0 aromatic heterocycles. The van der Waals surface area contributed by atoms with E-state index in [2.05, 4.69) is 9.98 Å². The molecule has 160 valence electrons. The zero-order valence-corrected chi connectivity index (χ0v) is 17.0. The molecule has 0 saturated carbocycles. The Morgan fingerprint density at radius 3 is 1.26 bits per heavy atom. The molecule has 0 atom stereocenters. The summed E-state index contributed by atoms with van der Waals surface area (Å²) in [5, 5.41) is 74.3. The van der Waals surface area contributed by atoms with Crippen LogP contribution in [0.2, 0.25) is 0 Å². The van der Waals surface area contributed by atoms with Gasteiger partial charge in [-0.15, -0.1) is 0 Å². The van der Waals surface area contributed by atoms with Crippen LogP contribution in [0, 0.1) is 68.5 Å². The molecule has 12 heteroatoms. The summed E-state index contributed by atoms with van der Waals surface area (Å²) in [6, 6.07) is 11.2. The Hall–Kier alpha value is -6.34. The van der Waals surface area contributed by atoms with Crippen molar-refractivity contribution in [3.63, 3.8) is 0 Å². The van der Waals surface area contributed by atoms with Gasteiger partial charge in [-0.2, -0.15) is 41.4 Å². The van der Waals surface area contributed by atoms with Gasteiger partial charge in [0.05, 0.1) is 11.4 Å². The summed E-state index contributed by atoms with van der Waals surface area (Å²) in [6.07, 6.45) is 8.67. The number of rotatable bonds is 6. The normalized spacial score (nSPS) is 10.6. The molecule has 0 radical (unpaired) electrons. The first kappa shape index (κ1) is 23.9. The Bertz CT molecular complexity index is 1320. The lowest BCUT2D eigenvalue weighted by Crippen LogP contribution is -2.07. The van der Waals surface area contributed by atoms with Gasteiger partial charge >= 0.3 is 0 Å². The maximum Gasteiger partial charge on any atom is 0.198 e. The van der Waals surface area contributed by atoms with Gasteiger partial charge in [-0.05, 0) is 24.3 Å². The molecular formula is C22H10N10O2. The highest BCUT2D eigenvalue weighted by Crippen LogP contribution is 2.25. The molecule has 34 heavy (non-hydrogen) atoms. The molecule has 0 heterocycles. The van der Waals surface area contributed by atoms with E-state index in [0.29, 0.717) is 9.80 Å². The van der Waals surface area contributed by atoms with E-state index in [1.807, 2.05) is 0 Å². The van der Waals surface area contributed by atoms with Gasteiger partial charge in [-0.25, -0.2) is 9.98 Å². The molecule has 0 aliphatic rings. The number of aromatic hydroxyl groups is 2. The molecule has 0 spiro atoms. The van der Waals surface area contributed by atoms with Gasteiger partial charge in [0.25, 0.3) is 0 Å². The van der Waals surface area contributed by atoms with Crippen molar-refractivity contribution in [2.45, 2.75) is 0 Å². The fourth-order valence-electron chi connectivity index (χ4n) is 2.39. The van der Waals surface area contributed by atoms with Crippen LogP contribution in [0.1, 0.15) is 11.1 Å². The van der Waals surface area contributed by atoms with E-state index in [-0.39, 0.29) is 34.0 Å². The number of anilines is 2. The van der Waals surface area contributed by atoms with Crippen LogP contribution in [0.25, 0.3) is 0 Å². The van der Waals surface area contributed by atoms with Crippen molar-refractivity contribution in [2.75, 3.05) is 9.80 Å². The van der Waals surface area contributed by atoms with Crippen LogP contribution in [0.5, 0.6) is 11.5 Å². The molecule has 0 aliphatic carbocycles. The monoisotopic (exact) mass is 446 g/mol. The van der Waals surface area contributed by atoms with Crippen LogP contribution in [-0.4, -0.2) is 22.6 Å². The Morgan fingerprint density at radius 2 is 1.00 bits per heavy atom. The van der Waals surface area contributed by atoms with Crippen molar-refractivity contribution in [3.05, 3.63) is 58.9 Å². The third kappa shape index (κ3) is 5.42. The molecule has 2 aromatic carbocycles. The fraction of sp³-hybridized carbons (Fsp3) is 0. The Morgan fingerprint density at radius 1 is 0.647 bits per heavy atom. The molecule has 2 aromatic rings. The van der Waals surface area contributed by atoms with Gasteiger partial charge in [0.2, 0.25) is 0 Å². The van der Waals surface area contributed by atoms with Crippen molar-refractivity contribution in [3.8, 4) is 48.4 Å². The first-order chi connectivity index (χ1) is 16.4. The third-order valence-corrected chi connectivity index (χ3v) is 4.05. The number of allylic oxidation sites excluding steroid dienone is 2. The number of benzene rings is 2. The second-order valence-corrected chi connectivity index (χ2v) is 5.99. The maximum atomic E-state index is 10.1. The lowest BCUT2D eigenvalue weighted by molar-refractivity contribution is 0.474. The van der Waals surface area contributed by atoms with Crippen molar-refractivity contribution in [1.29, 1.82) is 31.6 Å². The number of nitrogens with zero attached hydrogens (tertiary/aromatic N) is 10.